The zero-order chi connectivity index (χ0) is 18.2. The van der Waals surface area contributed by atoms with E-state index >= 15 is 0 Å². The van der Waals surface area contributed by atoms with Crippen LogP contribution in [-0.4, -0.2) is 24.2 Å². The third-order valence-electron chi connectivity index (χ3n) is 5.06. The number of hydrogen-bond acceptors (Lipinski definition) is 2. The molecule has 0 radical (unpaired) electrons. The molecule has 3 rings (SSSR count). The lowest BCUT2D eigenvalue weighted by molar-refractivity contribution is -0.144. The van der Waals surface area contributed by atoms with E-state index in [1.807, 2.05) is 12.1 Å². The molecule has 0 aliphatic carbocycles. The van der Waals surface area contributed by atoms with Crippen molar-refractivity contribution in [2.45, 2.75) is 25.7 Å². The summed E-state index contributed by atoms with van der Waals surface area (Å²) in [5, 5.41) is 12.5. The molecule has 0 amide bonds. The Morgan fingerprint density at radius 3 is 2.69 bits per heavy atom. The quantitative estimate of drug-likeness (QED) is 0.811. The number of benzene rings is 2. The van der Waals surface area contributed by atoms with E-state index in [1.54, 1.807) is 0 Å². The number of carboxylic acid groups (broad SMARTS) is 1. The van der Waals surface area contributed by atoms with E-state index < -0.39 is 5.97 Å². The van der Waals surface area contributed by atoms with Crippen LogP contribution < -0.4 is 5.32 Å². The van der Waals surface area contributed by atoms with Crippen LogP contribution in [-0.2, 0) is 11.2 Å². The van der Waals surface area contributed by atoms with Crippen LogP contribution in [0.15, 0.2) is 54.6 Å². The average Bonchev–Trinajstić information content (AvgIpc) is 2.67. The van der Waals surface area contributed by atoms with Crippen molar-refractivity contribution < 1.29 is 9.90 Å². The third-order valence-corrected chi connectivity index (χ3v) is 5.06. The summed E-state index contributed by atoms with van der Waals surface area (Å²) in [6.07, 6.45) is 3.39. The first kappa shape index (κ1) is 18.2. The summed E-state index contributed by atoms with van der Waals surface area (Å²) in [5.74, 6) is 5.83. The van der Waals surface area contributed by atoms with Crippen molar-refractivity contribution in [3.05, 3.63) is 71.3 Å². The maximum absolute atomic E-state index is 11.4. The minimum Gasteiger partial charge on any atom is -0.481 e. The van der Waals surface area contributed by atoms with Gasteiger partial charge in [-0.05, 0) is 48.9 Å². The Labute approximate surface area is 155 Å². The molecule has 2 aromatic carbocycles. The van der Waals surface area contributed by atoms with Crippen molar-refractivity contribution in [1.29, 1.82) is 0 Å². The van der Waals surface area contributed by atoms with Gasteiger partial charge in [0.25, 0.3) is 0 Å². The number of carbonyl (C=O) groups is 1. The molecule has 1 aliphatic heterocycles. The van der Waals surface area contributed by atoms with Gasteiger partial charge in [-0.15, -0.1) is 0 Å². The van der Waals surface area contributed by atoms with Crippen molar-refractivity contribution in [1.82, 2.24) is 5.32 Å². The molecule has 0 aromatic heterocycles. The summed E-state index contributed by atoms with van der Waals surface area (Å²) in [4.78, 5) is 11.4. The second-order valence-electron chi connectivity index (χ2n) is 6.86. The number of piperidine rings is 1. The molecule has 1 saturated heterocycles. The second-order valence-corrected chi connectivity index (χ2v) is 6.86. The smallest absolute Gasteiger partial charge is 0.308 e. The van der Waals surface area contributed by atoms with E-state index in [1.165, 1.54) is 11.1 Å². The number of nitrogens with one attached hydrogen (secondary N) is 1. The van der Waals surface area contributed by atoms with Crippen LogP contribution in [0, 0.1) is 23.7 Å². The molecule has 2 aromatic rings. The Hall–Kier alpha value is -2.57. The minimum absolute atomic E-state index is 0.225. The monoisotopic (exact) mass is 347 g/mol. The molecule has 1 heterocycles. The molecule has 1 aliphatic rings. The van der Waals surface area contributed by atoms with Crippen LogP contribution in [0.4, 0.5) is 0 Å². The minimum atomic E-state index is -0.691. The summed E-state index contributed by atoms with van der Waals surface area (Å²) in [5.41, 5.74) is 3.58. The first-order valence-electron chi connectivity index (χ1n) is 9.28. The highest BCUT2D eigenvalue weighted by atomic mass is 16.4. The van der Waals surface area contributed by atoms with Crippen LogP contribution in [0.2, 0.25) is 0 Å². The number of rotatable bonds is 5. The van der Waals surface area contributed by atoms with Crippen LogP contribution >= 0.6 is 0 Å². The predicted octanol–water partition coefficient (Wildman–Crippen LogP) is 3.72. The fraction of sp³-hybridized carbons (Fsp3) is 0.348. The van der Waals surface area contributed by atoms with Gasteiger partial charge in [0.15, 0.2) is 0 Å². The fourth-order valence-electron chi connectivity index (χ4n) is 3.57. The lowest BCUT2D eigenvalue weighted by atomic mass is 9.83. The largest absolute Gasteiger partial charge is 0.481 e. The van der Waals surface area contributed by atoms with Gasteiger partial charge in [-0.1, -0.05) is 60.4 Å². The molecule has 0 unspecified atom stereocenters. The highest BCUT2D eigenvalue weighted by Crippen LogP contribution is 2.24. The highest BCUT2D eigenvalue weighted by Gasteiger charge is 2.29. The van der Waals surface area contributed by atoms with E-state index in [0.29, 0.717) is 6.54 Å². The Bertz CT molecular complexity index is 789. The summed E-state index contributed by atoms with van der Waals surface area (Å²) in [6, 6.07) is 18.7. The zero-order valence-electron chi connectivity index (χ0n) is 14.9. The molecule has 26 heavy (non-hydrogen) atoms. The van der Waals surface area contributed by atoms with Gasteiger partial charge in [0.2, 0.25) is 0 Å². The van der Waals surface area contributed by atoms with Gasteiger partial charge >= 0.3 is 5.97 Å². The predicted molar refractivity (Wildman–Crippen MR) is 104 cm³/mol. The summed E-state index contributed by atoms with van der Waals surface area (Å²) in [6.45, 7) is 1.48. The number of hydrogen-bond donors (Lipinski definition) is 2. The first-order valence-corrected chi connectivity index (χ1v) is 9.28. The Morgan fingerprint density at radius 1 is 1.12 bits per heavy atom. The summed E-state index contributed by atoms with van der Waals surface area (Å²) < 4.78 is 0. The second kappa shape index (κ2) is 9.22. The van der Waals surface area contributed by atoms with Crippen LogP contribution in [0.25, 0.3) is 0 Å². The van der Waals surface area contributed by atoms with Crippen LogP contribution in [0.5, 0.6) is 0 Å². The van der Waals surface area contributed by atoms with Gasteiger partial charge in [0.05, 0.1) is 5.92 Å². The van der Waals surface area contributed by atoms with E-state index in [0.717, 1.165) is 37.8 Å². The lowest BCUT2D eigenvalue weighted by Crippen LogP contribution is -2.40. The molecule has 0 bridgehead atoms. The Kier molecular flexibility index (Phi) is 6.46. The van der Waals surface area contributed by atoms with Gasteiger partial charge in [-0.2, -0.15) is 0 Å². The maximum atomic E-state index is 11.4. The molecule has 3 nitrogen and oxygen atoms in total. The molecule has 2 N–H and O–H groups in total. The summed E-state index contributed by atoms with van der Waals surface area (Å²) in [7, 11) is 0. The van der Waals surface area contributed by atoms with Crippen molar-refractivity contribution in [2.75, 3.05) is 13.1 Å². The van der Waals surface area contributed by atoms with Crippen molar-refractivity contribution in [3.8, 4) is 11.8 Å². The molecule has 1 fully saturated rings. The third kappa shape index (κ3) is 4.97. The molecular formula is C23H25NO2. The van der Waals surface area contributed by atoms with E-state index in [4.69, 9.17) is 0 Å². The normalized spacial score (nSPS) is 19.4. The van der Waals surface area contributed by atoms with Crippen molar-refractivity contribution >= 4 is 5.97 Å². The van der Waals surface area contributed by atoms with E-state index in [-0.39, 0.29) is 11.8 Å². The Morgan fingerprint density at radius 2 is 1.88 bits per heavy atom. The van der Waals surface area contributed by atoms with Gasteiger partial charge in [0.1, 0.15) is 0 Å². The topological polar surface area (TPSA) is 49.3 Å². The van der Waals surface area contributed by atoms with Gasteiger partial charge in [-0.3, -0.25) is 4.79 Å². The first-order chi connectivity index (χ1) is 12.7. The number of aliphatic carboxylic acids is 1. The zero-order valence-corrected chi connectivity index (χ0v) is 14.9. The molecule has 0 spiro atoms. The summed E-state index contributed by atoms with van der Waals surface area (Å²) >= 11 is 0. The van der Waals surface area contributed by atoms with Crippen LogP contribution in [0.1, 0.15) is 36.0 Å². The number of carboxylic acids is 1. The van der Waals surface area contributed by atoms with Gasteiger partial charge in [-0.25, -0.2) is 0 Å². The standard InChI is InChI=1S/C23H25NO2/c25-23(26)22-17-24-15-14-20(22)12-6-4-10-19-11-5-7-13-21(19)16-18-8-2-1-3-9-18/h1-3,5,7-9,11,13,20,22,24H,6,12,14-17H2,(H,25,26)/t20-,22+/m1/s1. The lowest BCUT2D eigenvalue weighted by Gasteiger charge is -2.28. The molecule has 3 heteroatoms. The Balaban J connectivity index is 1.62. The SMILES string of the molecule is O=C(O)[C@H]1CNCC[C@H]1CCC#Cc1ccccc1Cc1ccccc1. The van der Waals surface area contributed by atoms with E-state index in [9.17, 15) is 9.90 Å². The van der Waals surface area contributed by atoms with Crippen molar-refractivity contribution in [3.63, 3.8) is 0 Å². The van der Waals surface area contributed by atoms with Gasteiger partial charge < -0.3 is 10.4 Å². The molecule has 0 saturated carbocycles. The fourth-order valence-corrected chi connectivity index (χ4v) is 3.57. The average molecular weight is 347 g/mol. The highest BCUT2D eigenvalue weighted by molar-refractivity contribution is 5.70. The van der Waals surface area contributed by atoms with Crippen molar-refractivity contribution in [2.24, 2.45) is 11.8 Å². The van der Waals surface area contributed by atoms with Gasteiger partial charge in [0, 0.05) is 18.5 Å². The van der Waals surface area contributed by atoms with E-state index in [2.05, 4.69) is 59.6 Å². The molecule has 134 valence electrons. The molecular weight excluding hydrogens is 322 g/mol. The van der Waals surface area contributed by atoms with Crippen LogP contribution in [0.3, 0.4) is 0 Å². The molecule has 2 atom stereocenters. The maximum Gasteiger partial charge on any atom is 0.308 e.